The molecular formula is C29H31FN2O3. The van der Waals surface area contributed by atoms with E-state index in [1.165, 1.54) is 6.07 Å². The maximum Gasteiger partial charge on any atom is 0.246 e. The van der Waals surface area contributed by atoms with E-state index in [4.69, 9.17) is 9.47 Å². The summed E-state index contributed by atoms with van der Waals surface area (Å²) in [5, 5.41) is 0. The van der Waals surface area contributed by atoms with Crippen LogP contribution < -0.4 is 9.47 Å². The van der Waals surface area contributed by atoms with Crippen LogP contribution in [0.1, 0.15) is 22.3 Å². The molecule has 5 nitrogen and oxygen atoms in total. The number of carbonyl (C=O) groups is 1. The summed E-state index contributed by atoms with van der Waals surface area (Å²) in [4.78, 5) is 16.8. The summed E-state index contributed by atoms with van der Waals surface area (Å²) in [6, 6.07) is 20.5. The van der Waals surface area contributed by atoms with Gasteiger partial charge in [-0.05, 0) is 54.5 Å². The Kier molecular flexibility index (Phi) is 8.16. The Balaban J connectivity index is 1.33. The highest BCUT2D eigenvalue weighted by atomic mass is 19.1. The van der Waals surface area contributed by atoms with Crippen LogP contribution in [0.5, 0.6) is 11.5 Å². The van der Waals surface area contributed by atoms with Crippen molar-refractivity contribution in [2.45, 2.75) is 20.1 Å². The lowest BCUT2D eigenvalue weighted by Gasteiger charge is -2.34. The largest absolute Gasteiger partial charge is 0.496 e. The molecule has 1 aliphatic rings. The lowest BCUT2D eigenvalue weighted by Crippen LogP contribution is -2.47. The minimum Gasteiger partial charge on any atom is -0.496 e. The van der Waals surface area contributed by atoms with Gasteiger partial charge in [-0.2, -0.15) is 0 Å². The summed E-state index contributed by atoms with van der Waals surface area (Å²) >= 11 is 0. The molecule has 0 unspecified atom stereocenters. The van der Waals surface area contributed by atoms with Crippen LogP contribution >= 0.6 is 0 Å². The Hall–Kier alpha value is -3.64. The Morgan fingerprint density at radius 1 is 0.971 bits per heavy atom. The maximum atomic E-state index is 13.9. The number of benzene rings is 3. The molecular weight excluding hydrogens is 443 g/mol. The lowest BCUT2D eigenvalue weighted by molar-refractivity contribution is -0.127. The fraction of sp³-hybridized carbons (Fsp3) is 0.276. The molecule has 1 fully saturated rings. The van der Waals surface area contributed by atoms with Gasteiger partial charge in [-0.15, -0.1) is 0 Å². The summed E-state index contributed by atoms with van der Waals surface area (Å²) in [6.45, 7) is 5.63. The second-order valence-electron chi connectivity index (χ2n) is 8.70. The highest BCUT2D eigenvalue weighted by Gasteiger charge is 2.20. The molecule has 1 amide bonds. The number of carbonyl (C=O) groups excluding carboxylic acids is 1. The van der Waals surface area contributed by atoms with Crippen molar-refractivity contribution in [1.29, 1.82) is 0 Å². The van der Waals surface area contributed by atoms with Gasteiger partial charge in [0.15, 0.2) is 0 Å². The second kappa shape index (κ2) is 11.7. The van der Waals surface area contributed by atoms with Crippen LogP contribution in [0.2, 0.25) is 0 Å². The Morgan fingerprint density at radius 3 is 2.51 bits per heavy atom. The molecule has 0 atom stereocenters. The zero-order valence-corrected chi connectivity index (χ0v) is 20.2. The first-order chi connectivity index (χ1) is 17.0. The molecule has 0 saturated carbocycles. The zero-order valence-electron chi connectivity index (χ0n) is 20.2. The Morgan fingerprint density at radius 2 is 1.77 bits per heavy atom. The van der Waals surface area contributed by atoms with Crippen molar-refractivity contribution in [3.63, 3.8) is 0 Å². The van der Waals surface area contributed by atoms with Gasteiger partial charge in [-0.3, -0.25) is 9.69 Å². The van der Waals surface area contributed by atoms with Crippen molar-refractivity contribution < 1.29 is 18.7 Å². The quantitative estimate of drug-likeness (QED) is 0.427. The standard InChI is InChI=1S/C29H31FN2O3/c1-22-6-5-8-26(18-22)35-21-25-19-23(10-12-28(25)34-2)11-13-29(33)32-16-14-31(15-17-32)20-24-7-3-4-9-27(24)30/h3-13,18-19H,14-17,20-21H2,1-2H3/b13-11+. The van der Waals surface area contributed by atoms with E-state index in [9.17, 15) is 9.18 Å². The number of aryl methyl sites for hydroxylation is 1. The minimum absolute atomic E-state index is 0.0241. The first-order valence-electron chi connectivity index (χ1n) is 11.8. The molecule has 0 aromatic heterocycles. The van der Waals surface area contributed by atoms with E-state index < -0.39 is 0 Å². The van der Waals surface area contributed by atoms with Crippen molar-refractivity contribution in [2.75, 3.05) is 33.3 Å². The number of halogens is 1. The molecule has 0 spiro atoms. The molecule has 4 rings (SSSR count). The number of amides is 1. The molecule has 6 heteroatoms. The molecule has 35 heavy (non-hydrogen) atoms. The lowest BCUT2D eigenvalue weighted by atomic mass is 10.1. The van der Waals surface area contributed by atoms with Crippen LogP contribution in [-0.4, -0.2) is 49.0 Å². The molecule has 0 N–H and O–H groups in total. The third kappa shape index (κ3) is 6.70. The van der Waals surface area contributed by atoms with E-state index in [-0.39, 0.29) is 11.7 Å². The number of ether oxygens (including phenoxy) is 2. The third-order valence-corrected chi connectivity index (χ3v) is 6.14. The fourth-order valence-corrected chi connectivity index (χ4v) is 4.15. The number of piperazine rings is 1. The van der Waals surface area contributed by atoms with Crippen molar-refractivity contribution in [3.8, 4) is 11.5 Å². The fourth-order valence-electron chi connectivity index (χ4n) is 4.15. The average Bonchev–Trinajstić information content (AvgIpc) is 2.88. The zero-order chi connectivity index (χ0) is 24.6. The molecule has 0 radical (unpaired) electrons. The summed E-state index contributed by atoms with van der Waals surface area (Å²) < 4.78 is 25.4. The minimum atomic E-state index is -0.183. The predicted molar refractivity (Wildman–Crippen MR) is 136 cm³/mol. The van der Waals surface area contributed by atoms with Gasteiger partial charge in [0.1, 0.15) is 23.9 Å². The SMILES string of the molecule is COc1ccc(/C=C/C(=O)N2CCN(Cc3ccccc3F)CC2)cc1COc1cccc(C)c1. The van der Waals surface area contributed by atoms with Crippen LogP contribution in [0.4, 0.5) is 4.39 Å². The number of hydrogen-bond donors (Lipinski definition) is 0. The molecule has 3 aromatic rings. The van der Waals surface area contributed by atoms with Gasteiger partial charge in [0, 0.05) is 49.9 Å². The summed E-state index contributed by atoms with van der Waals surface area (Å²) in [5.74, 6) is 1.34. The number of rotatable bonds is 8. The maximum absolute atomic E-state index is 13.9. The topological polar surface area (TPSA) is 42.0 Å². The van der Waals surface area contributed by atoms with Gasteiger partial charge < -0.3 is 14.4 Å². The van der Waals surface area contributed by atoms with E-state index in [2.05, 4.69) is 4.90 Å². The number of nitrogens with zero attached hydrogens (tertiary/aromatic N) is 2. The van der Waals surface area contributed by atoms with E-state index in [1.54, 1.807) is 19.3 Å². The number of methoxy groups -OCH3 is 1. The van der Waals surface area contributed by atoms with Crippen LogP contribution in [0.3, 0.4) is 0 Å². The van der Waals surface area contributed by atoms with Gasteiger partial charge in [-0.1, -0.05) is 36.4 Å². The predicted octanol–water partition coefficient (Wildman–Crippen LogP) is 5.08. The molecule has 1 saturated heterocycles. The molecule has 3 aromatic carbocycles. The van der Waals surface area contributed by atoms with Crippen molar-refractivity contribution in [2.24, 2.45) is 0 Å². The van der Waals surface area contributed by atoms with Gasteiger partial charge in [0.05, 0.1) is 7.11 Å². The van der Waals surface area contributed by atoms with Gasteiger partial charge in [0.2, 0.25) is 5.91 Å². The first kappa shape index (κ1) is 24.5. The van der Waals surface area contributed by atoms with Gasteiger partial charge in [0.25, 0.3) is 0 Å². The van der Waals surface area contributed by atoms with Crippen LogP contribution in [0.25, 0.3) is 6.08 Å². The van der Waals surface area contributed by atoms with Crippen LogP contribution in [0, 0.1) is 12.7 Å². The highest BCUT2D eigenvalue weighted by Crippen LogP contribution is 2.23. The summed E-state index contributed by atoms with van der Waals surface area (Å²) in [6.07, 6.45) is 3.43. The summed E-state index contributed by atoms with van der Waals surface area (Å²) in [7, 11) is 1.64. The smallest absolute Gasteiger partial charge is 0.246 e. The van der Waals surface area contributed by atoms with Gasteiger partial charge in [-0.25, -0.2) is 4.39 Å². The van der Waals surface area contributed by atoms with Crippen molar-refractivity contribution >= 4 is 12.0 Å². The highest BCUT2D eigenvalue weighted by molar-refractivity contribution is 5.91. The molecule has 182 valence electrons. The number of hydrogen-bond acceptors (Lipinski definition) is 4. The van der Waals surface area contributed by atoms with E-state index >= 15 is 0 Å². The summed E-state index contributed by atoms with van der Waals surface area (Å²) in [5.41, 5.74) is 3.64. The molecule has 0 aliphatic carbocycles. The van der Waals surface area contributed by atoms with E-state index in [1.807, 2.05) is 72.5 Å². The third-order valence-electron chi connectivity index (χ3n) is 6.14. The molecule has 1 aliphatic heterocycles. The van der Waals surface area contributed by atoms with E-state index in [0.29, 0.717) is 31.8 Å². The van der Waals surface area contributed by atoms with Crippen molar-refractivity contribution in [3.05, 3.63) is 101 Å². The average molecular weight is 475 g/mol. The van der Waals surface area contributed by atoms with Crippen molar-refractivity contribution in [1.82, 2.24) is 9.80 Å². The molecule has 1 heterocycles. The van der Waals surface area contributed by atoms with E-state index in [0.717, 1.165) is 41.3 Å². The first-order valence-corrected chi connectivity index (χ1v) is 11.8. The van der Waals surface area contributed by atoms with Crippen LogP contribution in [0.15, 0.2) is 72.8 Å². The van der Waals surface area contributed by atoms with Gasteiger partial charge >= 0.3 is 0 Å². The second-order valence-corrected chi connectivity index (χ2v) is 8.70. The molecule has 0 bridgehead atoms. The van der Waals surface area contributed by atoms with Crippen LogP contribution in [-0.2, 0) is 17.9 Å². The normalized spacial score (nSPS) is 14.3. The Labute approximate surface area is 206 Å². The monoisotopic (exact) mass is 474 g/mol. The Bertz CT molecular complexity index is 1190.